The van der Waals surface area contributed by atoms with E-state index in [1.165, 1.54) is 6.07 Å². The van der Waals surface area contributed by atoms with Crippen molar-refractivity contribution in [2.24, 2.45) is 0 Å². The maximum Gasteiger partial charge on any atom is 0.437 e. The van der Waals surface area contributed by atoms with Crippen LogP contribution < -0.4 is 15.9 Å². The first kappa shape index (κ1) is 23.9. The first-order chi connectivity index (χ1) is 15.3. The number of nitrogens with zero attached hydrogens (tertiary/aromatic N) is 5. The average Bonchev–Trinajstić information content (AvgIpc) is 2.70. The number of hydrogen-bond acceptors (Lipinski definition) is 6. The molecule has 2 aromatic heterocycles. The number of benzene rings is 1. The molecule has 33 heavy (non-hydrogen) atoms. The molecule has 14 heteroatoms. The molecule has 8 nitrogen and oxygen atoms in total. The van der Waals surface area contributed by atoms with Gasteiger partial charge in [-0.1, -0.05) is 11.6 Å². The third-order valence-corrected chi connectivity index (χ3v) is 4.31. The van der Waals surface area contributed by atoms with Crippen molar-refractivity contribution in [1.29, 1.82) is 5.26 Å². The van der Waals surface area contributed by atoms with Gasteiger partial charge in [0.25, 0.3) is 17.0 Å². The summed E-state index contributed by atoms with van der Waals surface area (Å²) in [6.07, 6.45) is -4.63. The SMILES string of the molecule is CC(F)(F)c1ccc(=O)n(Cn2cnc(C(F)(F)F)c(Oc3cc(Cl)cc(C#N)c3)c2=O)n1. The molecule has 0 aliphatic rings. The molecule has 0 fully saturated rings. The number of rotatable bonds is 5. The molecule has 0 N–H and O–H groups in total. The second-order valence-electron chi connectivity index (χ2n) is 6.67. The van der Waals surface area contributed by atoms with Crippen molar-refractivity contribution >= 4 is 11.6 Å². The maximum absolute atomic E-state index is 13.5. The lowest BCUT2D eigenvalue weighted by Gasteiger charge is -2.16. The molecular weight excluding hydrogens is 477 g/mol. The van der Waals surface area contributed by atoms with Crippen LogP contribution in [-0.2, 0) is 18.8 Å². The molecule has 0 saturated carbocycles. The fraction of sp³-hybridized carbons (Fsp3) is 0.211. The Morgan fingerprint density at radius 3 is 2.45 bits per heavy atom. The predicted molar refractivity (Wildman–Crippen MR) is 103 cm³/mol. The fourth-order valence-electron chi connectivity index (χ4n) is 2.60. The van der Waals surface area contributed by atoms with Crippen LogP contribution in [0.2, 0.25) is 5.02 Å². The molecule has 0 spiro atoms. The lowest BCUT2D eigenvalue weighted by Crippen LogP contribution is -2.34. The van der Waals surface area contributed by atoms with Crippen molar-refractivity contribution in [3.8, 4) is 17.6 Å². The zero-order chi connectivity index (χ0) is 24.6. The quantitative estimate of drug-likeness (QED) is 0.508. The highest BCUT2D eigenvalue weighted by Crippen LogP contribution is 2.35. The molecule has 0 bridgehead atoms. The molecular formula is C19H11ClF5N5O3. The third-order valence-electron chi connectivity index (χ3n) is 4.09. The molecule has 0 radical (unpaired) electrons. The summed E-state index contributed by atoms with van der Waals surface area (Å²) in [6, 6.07) is 6.61. The van der Waals surface area contributed by atoms with Gasteiger partial charge >= 0.3 is 6.18 Å². The van der Waals surface area contributed by atoms with Gasteiger partial charge in [-0.15, -0.1) is 0 Å². The van der Waals surface area contributed by atoms with Gasteiger partial charge in [-0.25, -0.2) is 9.67 Å². The van der Waals surface area contributed by atoms with E-state index >= 15 is 0 Å². The van der Waals surface area contributed by atoms with Crippen LogP contribution in [0.1, 0.15) is 23.9 Å². The monoisotopic (exact) mass is 487 g/mol. The first-order valence-corrected chi connectivity index (χ1v) is 9.19. The number of ether oxygens (including phenoxy) is 1. The molecule has 3 rings (SSSR count). The molecule has 0 unspecified atom stereocenters. The Hall–Kier alpha value is -3.79. The Balaban J connectivity index is 2.12. The van der Waals surface area contributed by atoms with Crippen LogP contribution in [0.5, 0.6) is 11.5 Å². The molecule has 2 heterocycles. The standard InChI is InChI=1S/C19H11ClF5N5O3/c1-18(21,22)13-2-3-14(31)30(28-13)9-29-8-27-16(19(23,24)25)15(17(29)32)33-12-5-10(7-26)4-11(20)6-12/h2-6,8H,9H2,1H3. The molecule has 0 aliphatic heterocycles. The molecule has 0 atom stereocenters. The topological polar surface area (TPSA) is 103 Å². The highest BCUT2D eigenvalue weighted by atomic mass is 35.5. The highest BCUT2D eigenvalue weighted by Gasteiger charge is 2.39. The van der Waals surface area contributed by atoms with Crippen LogP contribution in [0.4, 0.5) is 22.0 Å². The zero-order valence-electron chi connectivity index (χ0n) is 16.4. The van der Waals surface area contributed by atoms with E-state index in [1.807, 2.05) is 0 Å². The highest BCUT2D eigenvalue weighted by molar-refractivity contribution is 6.30. The Bertz CT molecular complexity index is 1370. The maximum atomic E-state index is 13.5. The Morgan fingerprint density at radius 1 is 1.15 bits per heavy atom. The van der Waals surface area contributed by atoms with E-state index in [2.05, 4.69) is 10.1 Å². The van der Waals surface area contributed by atoms with E-state index in [4.69, 9.17) is 21.6 Å². The Morgan fingerprint density at radius 2 is 1.85 bits per heavy atom. The van der Waals surface area contributed by atoms with Gasteiger partial charge in [-0.3, -0.25) is 14.2 Å². The largest absolute Gasteiger partial charge is 0.449 e. The summed E-state index contributed by atoms with van der Waals surface area (Å²) in [6.45, 7) is -0.301. The van der Waals surface area contributed by atoms with Gasteiger partial charge < -0.3 is 4.74 Å². The van der Waals surface area contributed by atoms with E-state index in [0.29, 0.717) is 22.5 Å². The number of hydrogen-bond donors (Lipinski definition) is 0. The number of halogens is 6. The zero-order valence-corrected chi connectivity index (χ0v) is 17.2. The number of nitriles is 1. The summed E-state index contributed by atoms with van der Waals surface area (Å²) in [5.74, 6) is -5.05. The second-order valence-corrected chi connectivity index (χ2v) is 7.11. The van der Waals surface area contributed by atoms with Crippen LogP contribution in [-0.4, -0.2) is 19.3 Å². The molecule has 3 aromatic rings. The van der Waals surface area contributed by atoms with E-state index < -0.39 is 47.0 Å². The van der Waals surface area contributed by atoms with Crippen molar-refractivity contribution in [3.05, 3.63) is 79.3 Å². The summed E-state index contributed by atoms with van der Waals surface area (Å²) in [4.78, 5) is 28.0. The number of alkyl halides is 5. The number of aromatic nitrogens is 4. The summed E-state index contributed by atoms with van der Waals surface area (Å²) in [5, 5.41) is 12.4. The third kappa shape index (κ3) is 5.35. The minimum absolute atomic E-state index is 0.0464. The van der Waals surface area contributed by atoms with Crippen LogP contribution in [0.3, 0.4) is 0 Å². The van der Waals surface area contributed by atoms with Gasteiger partial charge in [0, 0.05) is 18.0 Å². The van der Waals surface area contributed by atoms with Crippen molar-refractivity contribution in [2.45, 2.75) is 25.7 Å². The lowest BCUT2D eigenvalue weighted by atomic mass is 10.2. The van der Waals surface area contributed by atoms with Gasteiger partial charge in [0.2, 0.25) is 5.75 Å². The molecule has 1 aromatic carbocycles. The van der Waals surface area contributed by atoms with Crippen molar-refractivity contribution in [3.63, 3.8) is 0 Å². The normalized spacial score (nSPS) is 11.8. The predicted octanol–water partition coefficient (Wildman–Crippen LogP) is 3.75. The van der Waals surface area contributed by atoms with Crippen molar-refractivity contribution in [2.75, 3.05) is 0 Å². The summed E-state index contributed by atoms with van der Waals surface area (Å²) >= 11 is 5.81. The second kappa shape index (κ2) is 8.62. The van der Waals surface area contributed by atoms with Gasteiger partial charge in [-0.2, -0.15) is 32.3 Å². The molecule has 172 valence electrons. The minimum atomic E-state index is -5.11. The van der Waals surface area contributed by atoms with Crippen LogP contribution in [0.15, 0.2) is 46.2 Å². The smallest absolute Gasteiger partial charge is 0.437 e. The fourth-order valence-corrected chi connectivity index (χ4v) is 2.82. The van der Waals surface area contributed by atoms with Gasteiger partial charge in [0.15, 0.2) is 5.69 Å². The molecule has 0 aliphatic carbocycles. The van der Waals surface area contributed by atoms with Crippen LogP contribution in [0, 0.1) is 11.3 Å². The average molecular weight is 488 g/mol. The van der Waals surface area contributed by atoms with Gasteiger partial charge in [0.05, 0.1) is 18.0 Å². The Labute approximate surface area is 186 Å². The van der Waals surface area contributed by atoms with Crippen LogP contribution >= 0.6 is 11.6 Å². The molecule has 0 saturated heterocycles. The minimum Gasteiger partial charge on any atom is -0.449 e. The molecule has 0 amide bonds. The van der Waals surface area contributed by atoms with E-state index in [0.717, 1.165) is 24.3 Å². The van der Waals surface area contributed by atoms with Gasteiger partial charge in [0.1, 0.15) is 18.1 Å². The van der Waals surface area contributed by atoms with Crippen molar-refractivity contribution in [1.82, 2.24) is 19.3 Å². The van der Waals surface area contributed by atoms with Gasteiger partial charge in [-0.05, 0) is 24.3 Å². The van der Waals surface area contributed by atoms with E-state index in [-0.39, 0.29) is 16.3 Å². The lowest BCUT2D eigenvalue weighted by molar-refractivity contribution is -0.142. The Kier molecular flexibility index (Phi) is 6.24. The summed E-state index contributed by atoms with van der Waals surface area (Å²) in [7, 11) is 0. The summed E-state index contributed by atoms with van der Waals surface area (Å²) in [5.41, 5.74) is -4.82. The first-order valence-electron chi connectivity index (χ1n) is 8.81. The van der Waals surface area contributed by atoms with Crippen LogP contribution in [0.25, 0.3) is 0 Å². The van der Waals surface area contributed by atoms with Crippen molar-refractivity contribution < 1.29 is 26.7 Å². The van der Waals surface area contributed by atoms with E-state index in [9.17, 15) is 31.5 Å². The van der Waals surface area contributed by atoms with E-state index in [1.54, 1.807) is 6.07 Å². The summed E-state index contributed by atoms with van der Waals surface area (Å²) < 4.78 is 73.5.